The van der Waals surface area contributed by atoms with E-state index in [0.29, 0.717) is 12.8 Å². The maximum Gasteiger partial charge on any atom is 0.347 e. The van der Waals surface area contributed by atoms with Gasteiger partial charge in [0, 0.05) is 24.9 Å². The molecule has 0 spiro atoms. The Morgan fingerprint density at radius 2 is 2.14 bits per heavy atom. The lowest BCUT2D eigenvalue weighted by molar-refractivity contribution is -0.182. The lowest BCUT2D eigenvalue weighted by Gasteiger charge is -2.47. The highest BCUT2D eigenvalue weighted by atomic mass is 16.7. The van der Waals surface area contributed by atoms with E-state index in [4.69, 9.17) is 18.9 Å². The van der Waals surface area contributed by atoms with Gasteiger partial charge in [0.05, 0.1) is 13.2 Å². The van der Waals surface area contributed by atoms with Gasteiger partial charge in [0.25, 0.3) is 0 Å². The number of esters is 2. The van der Waals surface area contributed by atoms with Crippen LogP contribution in [0.15, 0.2) is 0 Å². The van der Waals surface area contributed by atoms with Gasteiger partial charge in [-0.25, -0.2) is 4.79 Å². The molecular weight excluding hydrogens is 276 g/mol. The predicted octanol–water partition coefficient (Wildman–Crippen LogP) is 1.66. The minimum atomic E-state index is -0.830. The quantitative estimate of drug-likeness (QED) is 0.581. The first-order chi connectivity index (χ1) is 10.0. The van der Waals surface area contributed by atoms with Gasteiger partial charge in [0.15, 0.2) is 0 Å². The minimum Gasteiger partial charge on any atom is -0.466 e. The summed E-state index contributed by atoms with van der Waals surface area (Å²) in [5, 5.41) is 0. The van der Waals surface area contributed by atoms with Crippen molar-refractivity contribution in [2.75, 3.05) is 21.0 Å². The summed E-state index contributed by atoms with van der Waals surface area (Å²) in [6, 6.07) is 0. The predicted molar refractivity (Wildman–Crippen MR) is 73.3 cm³/mol. The molecule has 4 atom stereocenters. The number of rotatable bonds is 4. The Morgan fingerprint density at radius 3 is 2.81 bits per heavy atom. The first kappa shape index (κ1) is 16.2. The monoisotopic (exact) mass is 300 g/mol. The third kappa shape index (κ3) is 3.21. The smallest absolute Gasteiger partial charge is 0.347 e. The fourth-order valence-electron chi connectivity index (χ4n) is 3.67. The molecule has 1 aliphatic carbocycles. The van der Waals surface area contributed by atoms with Crippen molar-refractivity contribution >= 4 is 11.9 Å². The number of carbonyl (C=O) groups is 2. The van der Waals surface area contributed by atoms with Gasteiger partial charge in [-0.15, -0.1) is 0 Å². The molecule has 0 aromatic rings. The van der Waals surface area contributed by atoms with Crippen LogP contribution in [0.25, 0.3) is 0 Å². The van der Waals surface area contributed by atoms with Gasteiger partial charge >= 0.3 is 11.9 Å². The Labute approximate surface area is 125 Å². The Hall–Kier alpha value is -1.14. The molecule has 2 aliphatic rings. The van der Waals surface area contributed by atoms with Gasteiger partial charge in [-0.3, -0.25) is 4.79 Å². The van der Waals surface area contributed by atoms with Crippen molar-refractivity contribution in [1.29, 1.82) is 0 Å². The second-order valence-corrected chi connectivity index (χ2v) is 6.04. The normalized spacial score (nSPS) is 36.3. The minimum absolute atomic E-state index is 0.0437. The molecule has 0 aromatic heterocycles. The average Bonchev–Trinajstić information content (AvgIpc) is 2.62. The van der Waals surface area contributed by atoms with Crippen LogP contribution in [0.2, 0.25) is 0 Å². The van der Waals surface area contributed by atoms with Crippen molar-refractivity contribution in [1.82, 2.24) is 0 Å². The van der Waals surface area contributed by atoms with Crippen LogP contribution in [0.4, 0.5) is 0 Å². The zero-order valence-corrected chi connectivity index (χ0v) is 12.9. The first-order valence-electron chi connectivity index (χ1n) is 7.40. The first-order valence-corrected chi connectivity index (χ1v) is 7.40. The number of cyclic esters (lactones) is 1. The number of carbonyl (C=O) groups excluding carboxylic acids is 2. The Kier molecular flexibility index (Phi) is 5.22. The molecule has 0 radical (unpaired) electrons. The van der Waals surface area contributed by atoms with Gasteiger partial charge in [-0.05, 0) is 19.3 Å². The molecule has 1 saturated carbocycles. The molecule has 6 heteroatoms. The Morgan fingerprint density at radius 1 is 1.38 bits per heavy atom. The molecule has 0 aromatic carbocycles. The van der Waals surface area contributed by atoms with Crippen LogP contribution >= 0.6 is 0 Å². The van der Waals surface area contributed by atoms with Crippen molar-refractivity contribution < 1.29 is 28.5 Å². The number of hydrogen-bond donors (Lipinski definition) is 0. The summed E-state index contributed by atoms with van der Waals surface area (Å²) in [7, 11) is 2.90. The van der Waals surface area contributed by atoms with Gasteiger partial charge in [-0.2, -0.15) is 0 Å². The molecule has 1 saturated heterocycles. The lowest BCUT2D eigenvalue weighted by Crippen LogP contribution is -2.50. The second kappa shape index (κ2) is 6.75. The molecule has 0 bridgehead atoms. The van der Waals surface area contributed by atoms with Crippen LogP contribution in [-0.4, -0.2) is 45.2 Å². The fraction of sp³-hybridized carbons (Fsp3) is 0.867. The van der Waals surface area contributed by atoms with Crippen molar-refractivity contribution in [3.8, 4) is 0 Å². The summed E-state index contributed by atoms with van der Waals surface area (Å²) >= 11 is 0. The molecule has 0 unspecified atom stereocenters. The molecule has 0 amide bonds. The van der Waals surface area contributed by atoms with Crippen molar-refractivity contribution in [2.45, 2.75) is 51.2 Å². The molecule has 2 rings (SSSR count). The lowest BCUT2D eigenvalue weighted by atomic mass is 9.62. The molecule has 2 fully saturated rings. The molecule has 0 N–H and O–H groups in total. The van der Waals surface area contributed by atoms with E-state index in [0.717, 1.165) is 19.3 Å². The molecule has 1 heterocycles. The summed E-state index contributed by atoms with van der Waals surface area (Å²) in [4.78, 5) is 23.8. The van der Waals surface area contributed by atoms with Gasteiger partial charge in [0.2, 0.25) is 6.10 Å². The van der Waals surface area contributed by atoms with E-state index in [-0.39, 0.29) is 30.2 Å². The largest absolute Gasteiger partial charge is 0.466 e. The van der Waals surface area contributed by atoms with E-state index in [1.54, 1.807) is 7.11 Å². The van der Waals surface area contributed by atoms with Crippen LogP contribution in [-0.2, 0) is 28.5 Å². The Bertz CT molecular complexity index is 396. The zero-order valence-electron chi connectivity index (χ0n) is 12.9. The van der Waals surface area contributed by atoms with E-state index in [1.807, 2.05) is 0 Å². The summed E-state index contributed by atoms with van der Waals surface area (Å²) in [6.45, 7) is 2.29. The fourth-order valence-corrected chi connectivity index (χ4v) is 3.67. The summed E-state index contributed by atoms with van der Waals surface area (Å²) in [5.41, 5.74) is -0.290. The highest BCUT2D eigenvalue weighted by molar-refractivity contribution is 5.80. The number of ether oxygens (including phenoxy) is 4. The SMILES string of the molecule is COCO[C@@H]1CCC[C@@H]2[C@@H](C(=O)OC)OC(=O)CC[C@]21C. The number of fused-ring (bicyclic) bond motifs is 1. The summed E-state index contributed by atoms with van der Waals surface area (Å²) in [5.74, 6) is -0.896. The van der Waals surface area contributed by atoms with E-state index in [1.165, 1.54) is 7.11 Å². The zero-order chi connectivity index (χ0) is 15.5. The van der Waals surface area contributed by atoms with E-state index in [2.05, 4.69) is 6.92 Å². The van der Waals surface area contributed by atoms with Crippen LogP contribution < -0.4 is 0 Å². The van der Waals surface area contributed by atoms with E-state index in [9.17, 15) is 9.59 Å². The molecule has 1 aliphatic heterocycles. The maximum absolute atomic E-state index is 12.0. The van der Waals surface area contributed by atoms with Crippen molar-refractivity contribution in [2.24, 2.45) is 11.3 Å². The van der Waals surface area contributed by atoms with Crippen LogP contribution in [0.3, 0.4) is 0 Å². The van der Waals surface area contributed by atoms with Crippen LogP contribution in [0.5, 0.6) is 0 Å². The van der Waals surface area contributed by atoms with Crippen molar-refractivity contribution in [3.63, 3.8) is 0 Å². The second-order valence-electron chi connectivity index (χ2n) is 6.04. The van der Waals surface area contributed by atoms with Crippen molar-refractivity contribution in [3.05, 3.63) is 0 Å². The Balaban J connectivity index is 2.27. The van der Waals surface area contributed by atoms with E-state index >= 15 is 0 Å². The highest BCUT2D eigenvalue weighted by Crippen LogP contribution is 2.50. The molecular formula is C15H24O6. The highest BCUT2D eigenvalue weighted by Gasteiger charge is 2.53. The van der Waals surface area contributed by atoms with E-state index < -0.39 is 12.1 Å². The average molecular weight is 300 g/mol. The standard InChI is InChI=1S/C15H24O6/c1-15-8-7-12(16)21-13(14(17)19-3)10(15)5-4-6-11(15)20-9-18-2/h10-11,13H,4-9H2,1-3H3/t10-,11-,13+,15-/m1/s1. The summed E-state index contributed by atoms with van der Waals surface area (Å²) < 4.78 is 21.0. The van der Waals surface area contributed by atoms with Gasteiger partial charge in [0.1, 0.15) is 6.79 Å². The topological polar surface area (TPSA) is 71.1 Å². The maximum atomic E-state index is 12.0. The molecule has 120 valence electrons. The van der Waals surface area contributed by atoms with Crippen LogP contribution in [0.1, 0.15) is 39.0 Å². The summed E-state index contributed by atoms with van der Waals surface area (Å²) in [6.07, 6.45) is 2.74. The molecule has 21 heavy (non-hydrogen) atoms. The third-order valence-electron chi connectivity index (χ3n) is 4.88. The molecule has 6 nitrogen and oxygen atoms in total. The van der Waals surface area contributed by atoms with Gasteiger partial charge in [-0.1, -0.05) is 13.3 Å². The van der Waals surface area contributed by atoms with Gasteiger partial charge < -0.3 is 18.9 Å². The third-order valence-corrected chi connectivity index (χ3v) is 4.88. The van der Waals surface area contributed by atoms with Crippen LogP contribution in [0, 0.1) is 11.3 Å². The number of methoxy groups -OCH3 is 2. The number of hydrogen-bond acceptors (Lipinski definition) is 6.